The molecular weight excluding hydrogens is 180 g/mol. The van der Waals surface area contributed by atoms with E-state index >= 15 is 0 Å². The van der Waals surface area contributed by atoms with Crippen molar-refractivity contribution in [3.05, 3.63) is 5.89 Å². The minimum atomic E-state index is 0.104. The van der Waals surface area contributed by atoms with Crippen LogP contribution in [-0.2, 0) is 0 Å². The third kappa shape index (κ3) is 2.23. The van der Waals surface area contributed by atoms with E-state index in [9.17, 15) is 0 Å². The fourth-order valence-corrected chi connectivity index (χ4v) is 1.15. The van der Waals surface area contributed by atoms with Gasteiger partial charge >= 0.3 is 6.01 Å². The van der Waals surface area contributed by atoms with Crippen LogP contribution in [0.25, 0.3) is 0 Å². The average molecular weight is 198 g/mol. The first-order valence-electron chi connectivity index (χ1n) is 4.98. The van der Waals surface area contributed by atoms with Crippen LogP contribution in [0, 0.1) is 0 Å². The third-order valence-corrected chi connectivity index (χ3v) is 2.27. The van der Waals surface area contributed by atoms with E-state index in [1.807, 2.05) is 18.9 Å². The van der Waals surface area contributed by atoms with Crippen LogP contribution in [0.15, 0.2) is 4.42 Å². The van der Waals surface area contributed by atoms with Crippen molar-refractivity contribution >= 4 is 6.01 Å². The highest BCUT2D eigenvalue weighted by atomic mass is 16.4. The van der Waals surface area contributed by atoms with Gasteiger partial charge in [0.25, 0.3) is 0 Å². The van der Waals surface area contributed by atoms with Gasteiger partial charge in [-0.3, -0.25) is 0 Å². The summed E-state index contributed by atoms with van der Waals surface area (Å²) in [4.78, 5) is 2.03. The van der Waals surface area contributed by atoms with Gasteiger partial charge in [-0.15, -0.1) is 5.10 Å². The molecule has 5 nitrogen and oxygen atoms in total. The molecule has 0 bridgehead atoms. The van der Waals surface area contributed by atoms with Gasteiger partial charge in [0.2, 0.25) is 5.89 Å². The molecule has 1 aromatic rings. The molecule has 0 saturated carbocycles. The zero-order valence-corrected chi connectivity index (χ0v) is 9.24. The van der Waals surface area contributed by atoms with Gasteiger partial charge in [0.15, 0.2) is 0 Å². The Morgan fingerprint density at radius 2 is 2.00 bits per heavy atom. The summed E-state index contributed by atoms with van der Waals surface area (Å²) in [7, 11) is 1.87. The summed E-state index contributed by atoms with van der Waals surface area (Å²) in [6.45, 7) is 7.88. The Kier molecular flexibility index (Phi) is 3.88. The van der Waals surface area contributed by atoms with Crippen LogP contribution < -0.4 is 10.2 Å². The number of nitrogens with zero attached hydrogens (tertiary/aromatic N) is 3. The van der Waals surface area contributed by atoms with Crippen LogP contribution >= 0.6 is 0 Å². The molecule has 0 aliphatic rings. The van der Waals surface area contributed by atoms with Crippen molar-refractivity contribution in [3.8, 4) is 0 Å². The Morgan fingerprint density at radius 3 is 2.50 bits per heavy atom. The molecule has 1 aromatic heterocycles. The second-order valence-electron chi connectivity index (χ2n) is 3.11. The van der Waals surface area contributed by atoms with Crippen LogP contribution in [0.3, 0.4) is 0 Å². The molecule has 0 aliphatic carbocycles. The molecule has 1 rings (SSSR count). The molecule has 0 fully saturated rings. The Balaban J connectivity index is 2.76. The zero-order chi connectivity index (χ0) is 10.6. The van der Waals surface area contributed by atoms with Gasteiger partial charge in [-0.25, -0.2) is 0 Å². The lowest BCUT2D eigenvalue weighted by atomic mass is 10.3. The predicted molar refractivity (Wildman–Crippen MR) is 55.3 cm³/mol. The van der Waals surface area contributed by atoms with Crippen LogP contribution in [0.5, 0.6) is 0 Å². The topological polar surface area (TPSA) is 54.2 Å². The quantitative estimate of drug-likeness (QED) is 0.770. The standard InChI is InChI=1S/C9H18N4O/c1-5-13(6-2)9-12-11-8(14-9)7(3)10-4/h7,10H,5-6H2,1-4H3. The maximum absolute atomic E-state index is 5.52. The summed E-state index contributed by atoms with van der Waals surface area (Å²) in [6.07, 6.45) is 0. The predicted octanol–water partition coefficient (Wildman–Crippen LogP) is 1.20. The number of nitrogens with one attached hydrogen (secondary N) is 1. The van der Waals surface area contributed by atoms with E-state index in [2.05, 4.69) is 29.4 Å². The highest BCUT2D eigenvalue weighted by molar-refractivity contribution is 5.23. The molecule has 14 heavy (non-hydrogen) atoms. The van der Waals surface area contributed by atoms with Gasteiger partial charge in [-0.2, -0.15) is 0 Å². The van der Waals surface area contributed by atoms with Gasteiger partial charge < -0.3 is 14.6 Å². The van der Waals surface area contributed by atoms with Crippen molar-refractivity contribution in [3.63, 3.8) is 0 Å². The Bertz CT molecular complexity index is 270. The first-order chi connectivity index (χ1) is 6.72. The van der Waals surface area contributed by atoms with Gasteiger partial charge in [-0.1, -0.05) is 5.10 Å². The van der Waals surface area contributed by atoms with Crippen molar-refractivity contribution in [2.75, 3.05) is 25.0 Å². The fraction of sp³-hybridized carbons (Fsp3) is 0.778. The van der Waals surface area contributed by atoms with Crippen molar-refractivity contribution in [1.29, 1.82) is 0 Å². The molecule has 5 heteroatoms. The smallest absolute Gasteiger partial charge is 0.318 e. The van der Waals surface area contributed by atoms with E-state index in [1.54, 1.807) is 0 Å². The molecule has 0 amide bonds. The van der Waals surface area contributed by atoms with Crippen molar-refractivity contribution < 1.29 is 4.42 Å². The number of hydrogen-bond acceptors (Lipinski definition) is 5. The van der Waals surface area contributed by atoms with E-state index in [0.29, 0.717) is 11.9 Å². The summed E-state index contributed by atoms with van der Waals surface area (Å²) in [5, 5.41) is 11.0. The summed E-state index contributed by atoms with van der Waals surface area (Å²) in [5.41, 5.74) is 0. The van der Waals surface area contributed by atoms with Gasteiger partial charge in [0, 0.05) is 13.1 Å². The number of rotatable bonds is 5. The van der Waals surface area contributed by atoms with E-state index in [0.717, 1.165) is 13.1 Å². The molecule has 1 heterocycles. The maximum Gasteiger partial charge on any atom is 0.318 e. The zero-order valence-electron chi connectivity index (χ0n) is 9.24. The van der Waals surface area contributed by atoms with Crippen LogP contribution in [-0.4, -0.2) is 30.3 Å². The Morgan fingerprint density at radius 1 is 1.36 bits per heavy atom. The molecule has 0 aromatic carbocycles. The number of hydrogen-bond donors (Lipinski definition) is 1. The number of aromatic nitrogens is 2. The lowest BCUT2D eigenvalue weighted by Gasteiger charge is -2.14. The molecule has 0 aliphatic heterocycles. The van der Waals surface area contributed by atoms with Crippen molar-refractivity contribution in [1.82, 2.24) is 15.5 Å². The van der Waals surface area contributed by atoms with E-state index in [-0.39, 0.29) is 6.04 Å². The van der Waals surface area contributed by atoms with E-state index < -0.39 is 0 Å². The van der Waals surface area contributed by atoms with Crippen molar-refractivity contribution in [2.24, 2.45) is 0 Å². The molecule has 1 unspecified atom stereocenters. The lowest BCUT2D eigenvalue weighted by molar-refractivity contribution is 0.431. The van der Waals surface area contributed by atoms with Crippen LogP contribution in [0.1, 0.15) is 32.7 Å². The minimum absolute atomic E-state index is 0.104. The highest BCUT2D eigenvalue weighted by Gasteiger charge is 2.14. The lowest BCUT2D eigenvalue weighted by Crippen LogP contribution is -2.22. The maximum atomic E-state index is 5.52. The molecule has 1 atom stereocenters. The first-order valence-corrected chi connectivity index (χ1v) is 4.98. The molecule has 0 saturated heterocycles. The Labute approximate surface area is 84.5 Å². The first kappa shape index (κ1) is 11.0. The summed E-state index contributed by atoms with van der Waals surface area (Å²) in [6, 6.07) is 0.707. The second kappa shape index (κ2) is 4.95. The van der Waals surface area contributed by atoms with Gasteiger partial charge in [0.05, 0.1) is 6.04 Å². The third-order valence-electron chi connectivity index (χ3n) is 2.27. The fourth-order valence-electron chi connectivity index (χ4n) is 1.15. The average Bonchev–Trinajstić information content (AvgIpc) is 2.68. The van der Waals surface area contributed by atoms with E-state index in [4.69, 9.17) is 4.42 Å². The minimum Gasteiger partial charge on any atom is -0.406 e. The SMILES string of the molecule is CCN(CC)c1nnc(C(C)NC)o1. The van der Waals surface area contributed by atoms with Gasteiger partial charge in [-0.05, 0) is 27.8 Å². The molecule has 1 N–H and O–H groups in total. The monoisotopic (exact) mass is 198 g/mol. The van der Waals surface area contributed by atoms with E-state index in [1.165, 1.54) is 0 Å². The van der Waals surface area contributed by atoms with Crippen LogP contribution in [0.4, 0.5) is 6.01 Å². The van der Waals surface area contributed by atoms with Crippen LogP contribution in [0.2, 0.25) is 0 Å². The number of anilines is 1. The molecule has 0 spiro atoms. The van der Waals surface area contributed by atoms with Gasteiger partial charge in [0.1, 0.15) is 0 Å². The summed E-state index contributed by atoms with van der Waals surface area (Å²) >= 11 is 0. The molecule has 0 radical (unpaired) electrons. The summed E-state index contributed by atoms with van der Waals surface area (Å²) < 4.78 is 5.52. The molecule has 80 valence electrons. The normalized spacial score (nSPS) is 12.9. The second-order valence-corrected chi connectivity index (χ2v) is 3.11. The van der Waals surface area contributed by atoms with Crippen molar-refractivity contribution in [2.45, 2.75) is 26.8 Å². The molecular formula is C9H18N4O. The summed E-state index contributed by atoms with van der Waals surface area (Å²) in [5.74, 6) is 0.634. The Hall–Kier alpha value is -1.10. The highest BCUT2D eigenvalue weighted by Crippen LogP contribution is 2.16. The largest absolute Gasteiger partial charge is 0.406 e.